The molecule has 0 saturated carbocycles. The number of hydrogen-bond acceptors (Lipinski definition) is 12. The molecule has 4 aromatic heterocycles. The molecule has 0 bridgehead atoms. The number of hydrogen-bond donors (Lipinski definition) is 3. The summed E-state index contributed by atoms with van der Waals surface area (Å²) in [6, 6.07) is 6.57. The average molecular weight is 717 g/mol. The third kappa shape index (κ3) is 7.84. The van der Waals surface area contributed by atoms with Crippen molar-refractivity contribution in [1.29, 1.82) is 5.41 Å². The standard InChI is InChI=1S/C34H40N10O6S/c1-4-44-25(16-21(2)40-44)31(46)39-34-38-24-17-22(29(35)45)18-26(50-13-7-8-41-11-14-49-15-12-41)28(24)42(34)9-5-6-10-43-30-27(51-33(43)36)19-23(20-37-30)32(47)48-3/h5-6,16-20,36H,4,7-15H2,1-3H3,(H2,35,45)(H,38,39,46)/b6-5+,36-33?. The Labute approximate surface area is 296 Å². The fourth-order valence-electron chi connectivity index (χ4n) is 5.91. The summed E-state index contributed by atoms with van der Waals surface area (Å²) in [5, 5.41) is 15.9. The SMILES string of the molecule is CCn1nc(C)cc1C(=O)Nc1nc2cc(C(N)=O)cc(OCCCN3CCOCC3)c2n1C/C=C/Cn1c(=N)sc2cc(C(=O)OC)cnc21. The lowest BCUT2D eigenvalue weighted by atomic mass is 10.1. The van der Waals surface area contributed by atoms with Crippen molar-refractivity contribution in [3.05, 3.63) is 69.9 Å². The number of rotatable bonds is 14. The Bertz CT molecular complexity index is 2170. The number of primary amides is 1. The molecule has 0 atom stereocenters. The van der Waals surface area contributed by atoms with E-state index in [9.17, 15) is 14.4 Å². The van der Waals surface area contributed by atoms with Gasteiger partial charge in [0.05, 0.1) is 48.4 Å². The minimum atomic E-state index is -0.629. The molecule has 2 amide bonds. The van der Waals surface area contributed by atoms with Gasteiger partial charge in [-0.05, 0) is 44.5 Å². The number of nitrogens with one attached hydrogen (secondary N) is 2. The first-order chi connectivity index (χ1) is 24.7. The number of methoxy groups -OCH3 is 1. The van der Waals surface area contributed by atoms with Crippen LogP contribution in [0.15, 0.2) is 42.6 Å². The van der Waals surface area contributed by atoms with E-state index >= 15 is 0 Å². The molecule has 0 unspecified atom stereocenters. The van der Waals surface area contributed by atoms with E-state index in [0.29, 0.717) is 77.0 Å². The number of pyridine rings is 1. The summed E-state index contributed by atoms with van der Waals surface area (Å²) in [6.07, 6.45) is 5.95. The second-order valence-electron chi connectivity index (χ2n) is 11.9. The van der Waals surface area contributed by atoms with Gasteiger partial charge in [-0.1, -0.05) is 23.5 Å². The quantitative estimate of drug-likeness (QED) is 0.0873. The van der Waals surface area contributed by atoms with Crippen LogP contribution in [0.1, 0.15) is 50.2 Å². The maximum Gasteiger partial charge on any atom is 0.339 e. The van der Waals surface area contributed by atoms with Gasteiger partial charge in [0.1, 0.15) is 17.0 Å². The summed E-state index contributed by atoms with van der Waals surface area (Å²) in [4.78, 5) is 49.6. The summed E-state index contributed by atoms with van der Waals surface area (Å²) < 4.78 is 22.4. The molecule has 0 spiro atoms. The number of aromatic nitrogens is 6. The monoisotopic (exact) mass is 716 g/mol. The molecule has 1 fully saturated rings. The number of esters is 1. The highest BCUT2D eigenvalue weighted by atomic mass is 32.1. The molecule has 5 aromatic rings. The van der Waals surface area contributed by atoms with Gasteiger partial charge in [-0.3, -0.25) is 34.5 Å². The molecule has 0 radical (unpaired) electrons. The number of amides is 2. The highest BCUT2D eigenvalue weighted by molar-refractivity contribution is 7.16. The summed E-state index contributed by atoms with van der Waals surface area (Å²) in [5.74, 6) is -0.860. The van der Waals surface area contributed by atoms with E-state index < -0.39 is 17.8 Å². The van der Waals surface area contributed by atoms with Gasteiger partial charge in [-0.2, -0.15) is 5.10 Å². The van der Waals surface area contributed by atoms with E-state index in [1.807, 2.05) is 30.6 Å². The normalized spacial score (nSPS) is 13.7. The Morgan fingerprint density at radius 3 is 2.59 bits per heavy atom. The first-order valence-corrected chi connectivity index (χ1v) is 17.4. The molecule has 6 rings (SSSR count). The zero-order valence-corrected chi connectivity index (χ0v) is 29.5. The van der Waals surface area contributed by atoms with Gasteiger partial charge in [-0.25, -0.2) is 14.8 Å². The number of benzene rings is 1. The summed E-state index contributed by atoms with van der Waals surface area (Å²) in [6.45, 7) is 9.18. The number of ether oxygens (including phenoxy) is 3. The predicted molar refractivity (Wildman–Crippen MR) is 190 cm³/mol. The number of morpholine rings is 1. The number of anilines is 1. The smallest absolute Gasteiger partial charge is 0.339 e. The van der Waals surface area contributed by atoms with Crippen LogP contribution < -0.4 is 20.6 Å². The Balaban J connectivity index is 1.31. The lowest BCUT2D eigenvalue weighted by molar-refractivity contribution is 0.0358. The second kappa shape index (κ2) is 15.7. The molecule has 5 heterocycles. The van der Waals surface area contributed by atoms with Gasteiger partial charge < -0.3 is 24.5 Å². The fourth-order valence-corrected chi connectivity index (χ4v) is 6.83. The Morgan fingerprint density at radius 2 is 1.86 bits per heavy atom. The average Bonchev–Trinajstić information content (AvgIpc) is 3.79. The zero-order valence-electron chi connectivity index (χ0n) is 28.7. The van der Waals surface area contributed by atoms with Crippen LogP contribution in [0, 0.1) is 12.3 Å². The second-order valence-corrected chi connectivity index (χ2v) is 12.9. The van der Waals surface area contributed by atoms with Gasteiger partial charge in [-0.15, -0.1) is 0 Å². The van der Waals surface area contributed by atoms with E-state index in [1.54, 1.807) is 33.5 Å². The molecule has 51 heavy (non-hydrogen) atoms. The molecule has 1 aromatic carbocycles. The van der Waals surface area contributed by atoms with E-state index in [2.05, 4.69) is 20.3 Å². The number of carbonyl (C=O) groups excluding carboxylic acids is 3. The predicted octanol–water partition coefficient (Wildman–Crippen LogP) is 2.95. The number of allylic oxidation sites excluding steroid dienone is 2. The zero-order chi connectivity index (χ0) is 36.1. The lowest BCUT2D eigenvalue weighted by Crippen LogP contribution is -2.37. The molecule has 17 heteroatoms. The van der Waals surface area contributed by atoms with Crippen molar-refractivity contribution in [1.82, 2.24) is 33.8 Å². The van der Waals surface area contributed by atoms with Crippen molar-refractivity contribution in [2.45, 2.75) is 39.9 Å². The van der Waals surface area contributed by atoms with E-state index in [-0.39, 0.29) is 22.9 Å². The molecule has 16 nitrogen and oxygen atoms in total. The number of carbonyl (C=O) groups is 3. The van der Waals surface area contributed by atoms with Crippen LogP contribution in [0.5, 0.6) is 5.75 Å². The van der Waals surface area contributed by atoms with E-state index in [0.717, 1.165) is 26.1 Å². The van der Waals surface area contributed by atoms with Crippen LogP contribution >= 0.6 is 11.3 Å². The lowest BCUT2D eigenvalue weighted by Gasteiger charge is -2.26. The van der Waals surface area contributed by atoms with Crippen molar-refractivity contribution in [3.8, 4) is 5.75 Å². The van der Waals surface area contributed by atoms with Crippen LogP contribution in [-0.2, 0) is 29.1 Å². The first kappa shape index (κ1) is 35.4. The van der Waals surface area contributed by atoms with Crippen molar-refractivity contribution in [3.63, 3.8) is 0 Å². The van der Waals surface area contributed by atoms with Crippen molar-refractivity contribution < 1.29 is 28.6 Å². The third-order valence-corrected chi connectivity index (χ3v) is 9.37. The molecular formula is C34H40N10O6S. The largest absolute Gasteiger partial charge is 0.491 e. The van der Waals surface area contributed by atoms with Gasteiger partial charge in [0.15, 0.2) is 10.4 Å². The molecule has 1 aliphatic rings. The summed E-state index contributed by atoms with van der Waals surface area (Å²) in [5.41, 5.74) is 8.92. The van der Waals surface area contributed by atoms with Crippen LogP contribution in [0.3, 0.4) is 0 Å². The fraction of sp³-hybridized carbons (Fsp3) is 0.382. The topological polar surface area (TPSA) is 198 Å². The maximum absolute atomic E-state index is 13.6. The number of nitrogens with two attached hydrogens (primary N) is 1. The molecular weight excluding hydrogens is 677 g/mol. The van der Waals surface area contributed by atoms with Crippen LogP contribution in [-0.4, -0.2) is 98.1 Å². The number of nitrogens with zero attached hydrogens (tertiary/aromatic N) is 7. The number of thiazole rings is 1. The number of fused-ring (bicyclic) bond motifs is 2. The number of aryl methyl sites for hydroxylation is 2. The van der Waals surface area contributed by atoms with Crippen LogP contribution in [0.2, 0.25) is 0 Å². The summed E-state index contributed by atoms with van der Waals surface area (Å²) in [7, 11) is 1.31. The van der Waals surface area contributed by atoms with Gasteiger partial charge in [0.25, 0.3) is 5.91 Å². The van der Waals surface area contributed by atoms with Crippen LogP contribution in [0.25, 0.3) is 21.4 Å². The van der Waals surface area contributed by atoms with Crippen molar-refractivity contribution in [2.75, 3.05) is 51.9 Å². The molecule has 268 valence electrons. The van der Waals surface area contributed by atoms with Gasteiger partial charge in [0.2, 0.25) is 11.9 Å². The Kier molecular flexibility index (Phi) is 10.9. The molecule has 1 aliphatic heterocycles. The Morgan fingerprint density at radius 1 is 1.10 bits per heavy atom. The molecule has 4 N–H and O–H groups in total. The Hall–Kier alpha value is -5.39. The molecule has 1 saturated heterocycles. The van der Waals surface area contributed by atoms with E-state index in [1.165, 1.54) is 24.6 Å². The van der Waals surface area contributed by atoms with Gasteiger partial charge >= 0.3 is 5.97 Å². The molecule has 0 aliphatic carbocycles. The highest BCUT2D eigenvalue weighted by Crippen LogP contribution is 2.31. The highest BCUT2D eigenvalue weighted by Gasteiger charge is 2.22. The number of imidazole rings is 1. The summed E-state index contributed by atoms with van der Waals surface area (Å²) >= 11 is 1.21. The van der Waals surface area contributed by atoms with Crippen molar-refractivity contribution in [2.24, 2.45) is 5.73 Å². The first-order valence-electron chi connectivity index (χ1n) is 16.6. The minimum Gasteiger partial charge on any atom is -0.491 e. The maximum atomic E-state index is 13.6. The van der Waals surface area contributed by atoms with Crippen molar-refractivity contribution >= 4 is 56.4 Å². The third-order valence-electron chi connectivity index (χ3n) is 8.43. The van der Waals surface area contributed by atoms with Crippen LogP contribution in [0.4, 0.5) is 5.95 Å². The minimum absolute atomic E-state index is 0.231. The van der Waals surface area contributed by atoms with E-state index in [4.69, 9.17) is 30.3 Å². The van der Waals surface area contributed by atoms with Gasteiger partial charge in [0, 0.05) is 51.0 Å².